The van der Waals surface area contributed by atoms with Crippen LogP contribution in [0.2, 0.25) is 0 Å². The Kier molecular flexibility index (Phi) is 5.26. The summed E-state index contributed by atoms with van der Waals surface area (Å²) in [4.78, 5) is 6.68. The monoisotopic (exact) mass is 221 g/mol. The van der Waals surface area contributed by atoms with Gasteiger partial charge in [-0.1, -0.05) is 19.4 Å². The van der Waals surface area contributed by atoms with Crippen LogP contribution in [0.3, 0.4) is 0 Å². The lowest BCUT2D eigenvalue weighted by Gasteiger charge is -2.21. The Bertz CT molecular complexity index is 310. The van der Waals surface area contributed by atoms with E-state index in [2.05, 4.69) is 29.9 Å². The maximum Gasteiger partial charge on any atom is 0.131 e. The van der Waals surface area contributed by atoms with Crippen LogP contribution in [0.5, 0.6) is 0 Å². The zero-order valence-corrected chi connectivity index (χ0v) is 10.6. The third-order valence-electron chi connectivity index (χ3n) is 2.62. The van der Waals surface area contributed by atoms with Gasteiger partial charge in [0.25, 0.3) is 0 Å². The first-order chi connectivity index (χ1) is 7.65. The molecule has 1 unspecified atom stereocenters. The highest BCUT2D eigenvalue weighted by Gasteiger charge is 2.09. The van der Waals surface area contributed by atoms with E-state index in [0.717, 1.165) is 18.8 Å². The molecule has 90 valence electrons. The van der Waals surface area contributed by atoms with E-state index in [1.807, 2.05) is 19.2 Å². The lowest BCUT2D eigenvalue weighted by atomic mass is 10.1. The minimum atomic E-state index is 0.183. The molecule has 0 fully saturated rings. The van der Waals surface area contributed by atoms with E-state index >= 15 is 0 Å². The van der Waals surface area contributed by atoms with Gasteiger partial charge < -0.3 is 10.6 Å². The molecule has 0 aliphatic heterocycles. The van der Waals surface area contributed by atoms with Gasteiger partial charge in [-0.3, -0.25) is 0 Å². The van der Waals surface area contributed by atoms with Gasteiger partial charge in [-0.15, -0.1) is 0 Å². The van der Waals surface area contributed by atoms with Crippen molar-refractivity contribution in [2.24, 2.45) is 5.73 Å². The Balaban J connectivity index is 2.76. The SMILES string of the molecule is CCCCN(C)c1ncccc1CC(C)N. The molecule has 1 heterocycles. The van der Waals surface area contributed by atoms with Crippen LogP contribution < -0.4 is 10.6 Å². The topological polar surface area (TPSA) is 42.2 Å². The first-order valence-electron chi connectivity index (χ1n) is 6.05. The molecule has 2 N–H and O–H groups in total. The zero-order valence-electron chi connectivity index (χ0n) is 10.6. The van der Waals surface area contributed by atoms with Crippen LogP contribution in [0.15, 0.2) is 18.3 Å². The molecule has 0 amide bonds. The van der Waals surface area contributed by atoms with Crippen molar-refractivity contribution in [3.8, 4) is 0 Å². The fourth-order valence-electron chi connectivity index (χ4n) is 1.78. The van der Waals surface area contributed by atoms with Crippen LogP contribution in [0.1, 0.15) is 32.3 Å². The predicted octanol–water partition coefficient (Wildman–Crippen LogP) is 2.21. The Labute approximate surface area is 98.7 Å². The van der Waals surface area contributed by atoms with Gasteiger partial charge in [0, 0.05) is 25.8 Å². The third-order valence-corrected chi connectivity index (χ3v) is 2.62. The van der Waals surface area contributed by atoms with Crippen LogP contribution in [0.4, 0.5) is 5.82 Å². The summed E-state index contributed by atoms with van der Waals surface area (Å²) in [6, 6.07) is 4.28. The van der Waals surface area contributed by atoms with Crippen molar-refractivity contribution in [2.75, 3.05) is 18.5 Å². The highest BCUT2D eigenvalue weighted by Crippen LogP contribution is 2.17. The van der Waals surface area contributed by atoms with Crippen molar-refractivity contribution in [3.63, 3.8) is 0 Å². The number of hydrogen-bond donors (Lipinski definition) is 1. The molecule has 0 saturated heterocycles. The van der Waals surface area contributed by atoms with Crippen molar-refractivity contribution in [2.45, 2.75) is 39.2 Å². The summed E-state index contributed by atoms with van der Waals surface area (Å²) in [6.07, 6.45) is 5.15. The molecule has 16 heavy (non-hydrogen) atoms. The second-order valence-electron chi connectivity index (χ2n) is 4.44. The molecule has 3 nitrogen and oxygen atoms in total. The third kappa shape index (κ3) is 3.81. The van der Waals surface area contributed by atoms with Crippen molar-refractivity contribution in [3.05, 3.63) is 23.9 Å². The van der Waals surface area contributed by atoms with Gasteiger partial charge in [0.05, 0.1) is 0 Å². The standard InChI is InChI=1S/C13H23N3/c1-4-5-9-16(3)13-12(10-11(2)14)7-6-8-15-13/h6-8,11H,4-5,9-10,14H2,1-3H3. The minimum absolute atomic E-state index is 0.183. The first kappa shape index (κ1) is 13.0. The molecule has 0 saturated carbocycles. The van der Waals surface area contributed by atoms with Gasteiger partial charge in [0.15, 0.2) is 0 Å². The van der Waals surface area contributed by atoms with Gasteiger partial charge in [-0.25, -0.2) is 4.98 Å². The Hall–Kier alpha value is -1.09. The number of pyridine rings is 1. The second-order valence-corrected chi connectivity index (χ2v) is 4.44. The van der Waals surface area contributed by atoms with Crippen LogP contribution in [-0.4, -0.2) is 24.6 Å². The number of aromatic nitrogens is 1. The summed E-state index contributed by atoms with van der Waals surface area (Å²) >= 11 is 0. The van der Waals surface area contributed by atoms with Crippen molar-refractivity contribution in [1.29, 1.82) is 0 Å². The highest BCUT2D eigenvalue weighted by atomic mass is 15.2. The molecule has 1 aromatic heterocycles. The summed E-state index contributed by atoms with van der Waals surface area (Å²) in [5.74, 6) is 1.08. The van der Waals surface area contributed by atoms with Crippen molar-refractivity contribution in [1.82, 2.24) is 4.98 Å². The quantitative estimate of drug-likeness (QED) is 0.801. The number of nitrogens with zero attached hydrogens (tertiary/aromatic N) is 2. The number of hydrogen-bond acceptors (Lipinski definition) is 3. The normalized spacial score (nSPS) is 12.5. The summed E-state index contributed by atoms with van der Waals surface area (Å²) in [5, 5.41) is 0. The maximum atomic E-state index is 5.85. The zero-order chi connectivity index (χ0) is 12.0. The molecule has 0 aromatic carbocycles. The number of rotatable bonds is 6. The van der Waals surface area contributed by atoms with Gasteiger partial charge in [0.2, 0.25) is 0 Å². The van der Waals surface area contributed by atoms with Crippen LogP contribution in [0.25, 0.3) is 0 Å². The highest BCUT2D eigenvalue weighted by molar-refractivity contribution is 5.46. The smallest absolute Gasteiger partial charge is 0.131 e. The molecule has 0 aliphatic carbocycles. The Morgan fingerprint density at radius 3 is 2.88 bits per heavy atom. The van der Waals surface area contributed by atoms with Gasteiger partial charge in [0.1, 0.15) is 5.82 Å². The molecule has 0 aliphatic rings. The minimum Gasteiger partial charge on any atom is -0.359 e. The number of unbranched alkanes of at least 4 members (excludes halogenated alkanes) is 1. The van der Waals surface area contributed by atoms with E-state index in [0.29, 0.717) is 0 Å². The van der Waals surface area contributed by atoms with E-state index in [1.54, 1.807) is 0 Å². The summed E-state index contributed by atoms with van der Waals surface area (Å²) < 4.78 is 0. The second kappa shape index (κ2) is 6.48. The van der Waals surface area contributed by atoms with Crippen LogP contribution in [-0.2, 0) is 6.42 Å². The summed E-state index contributed by atoms with van der Waals surface area (Å²) in [5.41, 5.74) is 7.09. The van der Waals surface area contributed by atoms with Crippen molar-refractivity contribution < 1.29 is 0 Å². The molecule has 0 radical (unpaired) electrons. The van der Waals surface area contributed by atoms with E-state index in [-0.39, 0.29) is 6.04 Å². The number of anilines is 1. The molecular formula is C13H23N3. The first-order valence-corrected chi connectivity index (χ1v) is 6.05. The molecule has 1 aromatic rings. The van der Waals surface area contributed by atoms with Gasteiger partial charge in [-0.2, -0.15) is 0 Å². The maximum absolute atomic E-state index is 5.85. The molecule has 0 bridgehead atoms. The van der Waals surface area contributed by atoms with E-state index in [9.17, 15) is 0 Å². The Morgan fingerprint density at radius 2 is 2.25 bits per heavy atom. The fourth-order valence-corrected chi connectivity index (χ4v) is 1.78. The summed E-state index contributed by atoms with van der Waals surface area (Å²) in [6.45, 7) is 5.29. The Morgan fingerprint density at radius 1 is 1.50 bits per heavy atom. The molecule has 1 atom stereocenters. The lowest BCUT2D eigenvalue weighted by molar-refractivity contribution is 0.720. The van der Waals surface area contributed by atoms with E-state index in [4.69, 9.17) is 5.73 Å². The number of nitrogens with two attached hydrogens (primary N) is 1. The van der Waals surface area contributed by atoms with Crippen LogP contribution in [0, 0.1) is 0 Å². The van der Waals surface area contributed by atoms with E-state index in [1.165, 1.54) is 18.4 Å². The van der Waals surface area contributed by atoms with Crippen LogP contribution >= 0.6 is 0 Å². The van der Waals surface area contributed by atoms with Gasteiger partial charge >= 0.3 is 0 Å². The molecule has 0 spiro atoms. The largest absolute Gasteiger partial charge is 0.359 e. The summed E-state index contributed by atoms with van der Waals surface area (Å²) in [7, 11) is 2.10. The average molecular weight is 221 g/mol. The fraction of sp³-hybridized carbons (Fsp3) is 0.615. The predicted molar refractivity (Wildman–Crippen MR) is 69.8 cm³/mol. The average Bonchev–Trinajstić information content (AvgIpc) is 2.26. The lowest BCUT2D eigenvalue weighted by Crippen LogP contribution is -2.24. The molecule has 3 heteroatoms. The molecular weight excluding hydrogens is 198 g/mol. The van der Waals surface area contributed by atoms with Crippen molar-refractivity contribution >= 4 is 5.82 Å². The molecule has 1 rings (SSSR count). The van der Waals surface area contributed by atoms with E-state index < -0.39 is 0 Å². The van der Waals surface area contributed by atoms with Gasteiger partial charge in [-0.05, 0) is 31.4 Å².